The Bertz CT molecular complexity index is 744. The minimum atomic E-state index is -0.936. The van der Waals surface area contributed by atoms with Gasteiger partial charge >= 0.3 is 5.97 Å². The van der Waals surface area contributed by atoms with Crippen LogP contribution in [0.25, 0.3) is 5.69 Å². The van der Waals surface area contributed by atoms with Gasteiger partial charge in [-0.25, -0.2) is 4.98 Å². The highest BCUT2D eigenvalue weighted by molar-refractivity contribution is 9.10. The quantitative estimate of drug-likeness (QED) is 0.857. The number of carbonyl (C=O) groups excluding carboxylic acids is 1. The van der Waals surface area contributed by atoms with Gasteiger partial charge < -0.3 is 19.3 Å². The van der Waals surface area contributed by atoms with E-state index in [2.05, 4.69) is 20.9 Å². The lowest BCUT2D eigenvalue weighted by molar-refractivity contribution is -0.141. The van der Waals surface area contributed by atoms with Crippen LogP contribution in [0.3, 0.4) is 0 Å². The lowest BCUT2D eigenvalue weighted by atomic mass is 10.2. The van der Waals surface area contributed by atoms with Gasteiger partial charge in [0.1, 0.15) is 12.0 Å². The third-order valence-corrected chi connectivity index (χ3v) is 4.28. The Hall–Kier alpha value is -2.19. The summed E-state index contributed by atoms with van der Waals surface area (Å²) < 4.78 is 8.13. The number of benzene rings is 1. The second-order valence-electron chi connectivity index (χ2n) is 5.48. The molecule has 1 saturated heterocycles. The molecule has 7 nitrogen and oxygen atoms in total. The molecule has 1 amide bonds. The van der Waals surface area contributed by atoms with E-state index >= 15 is 0 Å². The first-order valence-electron chi connectivity index (χ1n) is 7.45. The summed E-state index contributed by atoms with van der Waals surface area (Å²) >= 11 is 3.38. The summed E-state index contributed by atoms with van der Waals surface area (Å²) in [6.45, 7) is 1.02. The number of carboxylic acid groups (broad SMARTS) is 1. The molecule has 1 aliphatic heterocycles. The van der Waals surface area contributed by atoms with Crippen molar-refractivity contribution in [2.24, 2.45) is 0 Å². The van der Waals surface area contributed by atoms with Crippen molar-refractivity contribution in [3.63, 3.8) is 0 Å². The van der Waals surface area contributed by atoms with Crippen molar-refractivity contribution in [2.45, 2.75) is 12.5 Å². The fourth-order valence-electron chi connectivity index (χ4n) is 2.57. The maximum absolute atomic E-state index is 12.6. The predicted octanol–water partition coefficient (Wildman–Crippen LogP) is 1.95. The van der Waals surface area contributed by atoms with Crippen LogP contribution in [0.1, 0.15) is 16.9 Å². The summed E-state index contributed by atoms with van der Waals surface area (Å²) in [5.41, 5.74) is 1.23. The Labute approximate surface area is 147 Å². The second kappa shape index (κ2) is 7.14. The number of morpholine rings is 1. The number of aromatic nitrogens is 2. The monoisotopic (exact) mass is 393 g/mol. The molecule has 1 atom stereocenters. The molecule has 24 heavy (non-hydrogen) atoms. The third-order valence-electron chi connectivity index (χ3n) is 3.75. The number of nitrogens with zero attached hydrogens (tertiary/aromatic N) is 3. The molecule has 0 unspecified atom stereocenters. The Kier molecular flexibility index (Phi) is 4.96. The highest BCUT2D eigenvalue weighted by atomic mass is 79.9. The Morgan fingerprint density at radius 1 is 1.33 bits per heavy atom. The minimum absolute atomic E-state index is 0.114. The molecule has 0 spiro atoms. The largest absolute Gasteiger partial charge is 0.481 e. The van der Waals surface area contributed by atoms with Crippen molar-refractivity contribution in [2.75, 3.05) is 19.7 Å². The first-order valence-corrected chi connectivity index (χ1v) is 8.25. The Morgan fingerprint density at radius 3 is 2.79 bits per heavy atom. The van der Waals surface area contributed by atoms with Gasteiger partial charge in [0.05, 0.1) is 19.1 Å². The van der Waals surface area contributed by atoms with Crippen molar-refractivity contribution in [3.8, 4) is 5.69 Å². The van der Waals surface area contributed by atoms with Crippen LogP contribution in [0.4, 0.5) is 0 Å². The van der Waals surface area contributed by atoms with Gasteiger partial charge in [0.25, 0.3) is 5.91 Å². The van der Waals surface area contributed by atoms with E-state index < -0.39 is 12.1 Å². The fourth-order valence-corrected chi connectivity index (χ4v) is 2.84. The first kappa shape index (κ1) is 16.7. The molecule has 1 aromatic heterocycles. The van der Waals surface area contributed by atoms with E-state index in [1.807, 2.05) is 24.3 Å². The summed E-state index contributed by atoms with van der Waals surface area (Å²) in [4.78, 5) is 29.1. The fraction of sp³-hybridized carbons (Fsp3) is 0.312. The third kappa shape index (κ3) is 3.82. The minimum Gasteiger partial charge on any atom is -0.481 e. The highest BCUT2D eigenvalue weighted by Crippen LogP contribution is 2.16. The van der Waals surface area contributed by atoms with Crippen molar-refractivity contribution < 1.29 is 19.4 Å². The summed E-state index contributed by atoms with van der Waals surface area (Å²) in [7, 11) is 0. The summed E-state index contributed by atoms with van der Waals surface area (Å²) in [6, 6.07) is 7.65. The molecule has 1 aliphatic rings. The van der Waals surface area contributed by atoms with Crippen LogP contribution in [0.5, 0.6) is 0 Å². The van der Waals surface area contributed by atoms with Crippen LogP contribution in [-0.4, -0.2) is 57.2 Å². The van der Waals surface area contributed by atoms with Crippen LogP contribution in [0.15, 0.2) is 41.3 Å². The molecule has 0 bridgehead atoms. The van der Waals surface area contributed by atoms with Crippen molar-refractivity contribution in [1.82, 2.24) is 14.5 Å². The number of ether oxygens (including phenoxy) is 1. The number of amides is 1. The topological polar surface area (TPSA) is 84.7 Å². The molecule has 2 heterocycles. The number of halogens is 1. The van der Waals surface area contributed by atoms with Crippen LogP contribution in [0.2, 0.25) is 0 Å². The summed E-state index contributed by atoms with van der Waals surface area (Å²) in [5, 5.41) is 8.85. The van der Waals surface area contributed by atoms with E-state index in [4.69, 9.17) is 9.84 Å². The van der Waals surface area contributed by atoms with Gasteiger partial charge in [-0.1, -0.05) is 15.9 Å². The highest BCUT2D eigenvalue weighted by Gasteiger charge is 2.27. The van der Waals surface area contributed by atoms with E-state index in [-0.39, 0.29) is 18.9 Å². The average Bonchev–Trinajstić information content (AvgIpc) is 3.04. The number of hydrogen-bond acceptors (Lipinski definition) is 4. The van der Waals surface area contributed by atoms with Crippen LogP contribution in [0, 0.1) is 0 Å². The Morgan fingerprint density at radius 2 is 2.08 bits per heavy atom. The number of carboxylic acids is 1. The SMILES string of the molecule is O=C(O)C[C@@H]1CN(C(=O)c2cn(-c3ccc(Br)cc3)cn2)CCO1. The van der Waals surface area contributed by atoms with Gasteiger partial charge in [0, 0.05) is 29.4 Å². The van der Waals surface area contributed by atoms with E-state index in [1.165, 1.54) is 0 Å². The molecule has 8 heteroatoms. The van der Waals surface area contributed by atoms with E-state index in [9.17, 15) is 9.59 Å². The van der Waals surface area contributed by atoms with E-state index in [1.54, 1.807) is 22.0 Å². The number of imidazole rings is 1. The molecule has 3 rings (SSSR count). The van der Waals surface area contributed by atoms with Crippen LogP contribution in [-0.2, 0) is 9.53 Å². The summed E-state index contributed by atoms with van der Waals surface area (Å²) in [6.07, 6.45) is 2.67. The molecule has 2 aromatic rings. The van der Waals surface area contributed by atoms with Crippen molar-refractivity contribution >= 4 is 27.8 Å². The van der Waals surface area contributed by atoms with Crippen LogP contribution >= 0.6 is 15.9 Å². The van der Waals surface area contributed by atoms with Gasteiger partial charge in [-0.05, 0) is 24.3 Å². The zero-order chi connectivity index (χ0) is 17.1. The molecule has 1 aromatic carbocycles. The van der Waals surface area contributed by atoms with Crippen molar-refractivity contribution in [1.29, 1.82) is 0 Å². The maximum Gasteiger partial charge on any atom is 0.306 e. The smallest absolute Gasteiger partial charge is 0.306 e. The molecular weight excluding hydrogens is 378 g/mol. The molecule has 0 saturated carbocycles. The molecule has 1 N–H and O–H groups in total. The standard InChI is InChI=1S/C16H16BrN3O4/c17-11-1-3-12(4-2-11)20-9-14(18-10-20)16(23)19-5-6-24-13(8-19)7-15(21)22/h1-4,9-10,13H,5-8H2,(H,21,22)/t13-/m1/s1. The average molecular weight is 394 g/mol. The Balaban J connectivity index is 1.71. The van der Waals surface area contributed by atoms with Gasteiger partial charge in [0.15, 0.2) is 0 Å². The van der Waals surface area contributed by atoms with E-state index in [0.717, 1.165) is 10.2 Å². The van der Waals surface area contributed by atoms with Gasteiger partial charge in [-0.2, -0.15) is 0 Å². The lowest BCUT2D eigenvalue weighted by Crippen LogP contribution is -2.46. The predicted molar refractivity (Wildman–Crippen MR) is 89.2 cm³/mol. The molecular formula is C16H16BrN3O4. The maximum atomic E-state index is 12.6. The van der Waals surface area contributed by atoms with Gasteiger partial charge in [-0.15, -0.1) is 0 Å². The van der Waals surface area contributed by atoms with Crippen molar-refractivity contribution in [3.05, 3.63) is 47.0 Å². The molecule has 126 valence electrons. The zero-order valence-electron chi connectivity index (χ0n) is 12.8. The van der Waals surface area contributed by atoms with Gasteiger partial charge in [0.2, 0.25) is 0 Å². The normalized spacial score (nSPS) is 17.7. The number of hydrogen-bond donors (Lipinski definition) is 1. The molecule has 1 fully saturated rings. The number of rotatable bonds is 4. The molecule has 0 aliphatic carbocycles. The first-order chi connectivity index (χ1) is 11.5. The zero-order valence-corrected chi connectivity index (χ0v) is 14.3. The number of aliphatic carboxylic acids is 1. The van der Waals surface area contributed by atoms with Gasteiger partial charge in [-0.3, -0.25) is 9.59 Å². The second-order valence-corrected chi connectivity index (χ2v) is 6.40. The number of carbonyl (C=O) groups is 2. The lowest BCUT2D eigenvalue weighted by Gasteiger charge is -2.31. The van der Waals surface area contributed by atoms with Crippen LogP contribution < -0.4 is 0 Å². The van der Waals surface area contributed by atoms with E-state index in [0.29, 0.717) is 18.8 Å². The summed E-state index contributed by atoms with van der Waals surface area (Å²) in [5.74, 6) is -1.15. The molecule has 0 radical (unpaired) electrons.